The van der Waals surface area contributed by atoms with Crippen molar-refractivity contribution in [1.82, 2.24) is 5.32 Å². The summed E-state index contributed by atoms with van der Waals surface area (Å²) in [6.45, 7) is 4.21. The van der Waals surface area contributed by atoms with Crippen LogP contribution in [0.1, 0.15) is 28.3 Å². The summed E-state index contributed by atoms with van der Waals surface area (Å²) in [5, 5.41) is 4.79. The number of halogens is 3. The molecular formula is C17H18BrCl2N. The van der Waals surface area contributed by atoms with E-state index in [4.69, 9.17) is 23.2 Å². The van der Waals surface area contributed by atoms with Crippen LogP contribution in [0.2, 0.25) is 10.0 Å². The summed E-state index contributed by atoms with van der Waals surface area (Å²) in [5.41, 5.74) is 4.69. The monoisotopic (exact) mass is 385 g/mol. The molecule has 0 aromatic heterocycles. The summed E-state index contributed by atoms with van der Waals surface area (Å²) in [6, 6.07) is 10.2. The van der Waals surface area contributed by atoms with Gasteiger partial charge in [0.15, 0.2) is 0 Å². The molecular weight excluding hydrogens is 369 g/mol. The van der Waals surface area contributed by atoms with E-state index < -0.39 is 0 Å². The predicted molar refractivity (Wildman–Crippen MR) is 95.6 cm³/mol. The van der Waals surface area contributed by atoms with Crippen LogP contribution in [-0.4, -0.2) is 7.05 Å². The third-order valence-corrected chi connectivity index (χ3v) is 5.64. The topological polar surface area (TPSA) is 12.0 Å². The Morgan fingerprint density at radius 3 is 2.10 bits per heavy atom. The third-order valence-electron chi connectivity index (χ3n) is 3.68. The molecule has 1 nitrogen and oxygen atoms in total. The molecule has 1 unspecified atom stereocenters. The second kappa shape index (κ2) is 7.15. The highest BCUT2D eigenvalue weighted by Gasteiger charge is 2.16. The van der Waals surface area contributed by atoms with Crippen molar-refractivity contribution in [2.75, 3.05) is 7.05 Å². The van der Waals surface area contributed by atoms with Crippen LogP contribution in [0.15, 0.2) is 34.8 Å². The number of likely N-dealkylation sites (N-methyl/N-ethyl adjacent to an activating group) is 1. The Labute approximate surface area is 144 Å². The molecule has 112 valence electrons. The number of nitrogens with one attached hydrogen (secondary N) is 1. The van der Waals surface area contributed by atoms with E-state index in [9.17, 15) is 0 Å². The number of rotatable bonds is 4. The number of hydrogen-bond donors (Lipinski definition) is 1. The van der Waals surface area contributed by atoms with Crippen molar-refractivity contribution < 1.29 is 0 Å². The van der Waals surface area contributed by atoms with Crippen LogP contribution in [0.5, 0.6) is 0 Å². The van der Waals surface area contributed by atoms with Crippen LogP contribution in [-0.2, 0) is 6.42 Å². The fourth-order valence-corrected chi connectivity index (χ4v) is 3.28. The number of hydrogen-bond acceptors (Lipinski definition) is 1. The fraction of sp³-hybridized carbons (Fsp3) is 0.294. The molecule has 0 heterocycles. The summed E-state index contributed by atoms with van der Waals surface area (Å²) >= 11 is 16.2. The van der Waals surface area contributed by atoms with E-state index >= 15 is 0 Å². The first-order chi connectivity index (χ1) is 9.93. The van der Waals surface area contributed by atoms with Crippen molar-refractivity contribution in [1.29, 1.82) is 0 Å². The van der Waals surface area contributed by atoms with Crippen molar-refractivity contribution in [3.8, 4) is 0 Å². The molecule has 0 spiro atoms. The summed E-state index contributed by atoms with van der Waals surface area (Å²) in [6.07, 6.45) is 0.759. The van der Waals surface area contributed by atoms with Crippen LogP contribution in [0.3, 0.4) is 0 Å². The first-order valence-corrected chi connectivity index (χ1v) is 8.35. The molecule has 21 heavy (non-hydrogen) atoms. The maximum atomic E-state index is 6.29. The highest BCUT2D eigenvalue weighted by Crippen LogP contribution is 2.31. The average molecular weight is 387 g/mol. The lowest BCUT2D eigenvalue weighted by atomic mass is 9.96. The molecule has 0 saturated heterocycles. The van der Waals surface area contributed by atoms with Gasteiger partial charge >= 0.3 is 0 Å². The van der Waals surface area contributed by atoms with Gasteiger partial charge in [0.25, 0.3) is 0 Å². The SMILES string of the molecule is CNC(Cc1c(Cl)cccc1Cl)c1cc(C)c(Br)c(C)c1. The zero-order valence-corrected chi connectivity index (χ0v) is 15.4. The molecule has 0 fully saturated rings. The number of benzene rings is 2. The van der Waals surface area contributed by atoms with Crippen molar-refractivity contribution in [3.05, 3.63) is 67.1 Å². The Hall–Kier alpha value is -0.540. The second-order valence-corrected chi connectivity index (χ2v) is 6.82. The Balaban J connectivity index is 2.37. The van der Waals surface area contributed by atoms with E-state index in [2.05, 4.69) is 47.2 Å². The van der Waals surface area contributed by atoms with Gasteiger partial charge in [-0.05, 0) is 61.7 Å². The van der Waals surface area contributed by atoms with Gasteiger partial charge in [0, 0.05) is 20.6 Å². The second-order valence-electron chi connectivity index (χ2n) is 5.21. The van der Waals surface area contributed by atoms with Crippen LogP contribution in [0.25, 0.3) is 0 Å². The Morgan fingerprint density at radius 2 is 1.62 bits per heavy atom. The van der Waals surface area contributed by atoms with E-state index in [1.165, 1.54) is 16.7 Å². The quantitative estimate of drug-likeness (QED) is 0.692. The van der Waals surface area contributed by atoms with E-state index in [-0.39, 0.29) is 6.04 Å². The molecule has 1 atom stereocenters. The normalized spacial score (nSPS) is 12.5. The zero-order valence-electron chi connectivity index (χ0n) is 12.3. The van der Waals surface area contributed by atoms with Crippen molar-refractivity contribution in [2.24, 2.45) is 0 Å². The van der Waals surface area contributed by atoms with Crippen LogP contribution in [0.4, 0.5) is 0 Å². The molecule has 0 radical (unpaired) electrons. The molecule has 0 saturated carbocycles. The lowest BCUT2D eigenvalue weighted by Gasteiger charge is -2.20. The van der Waals surface area contributed by atoms with E-state index in [1.54, 1.807) is 0 Å². The Bertz CT molecular complexity index is 612. The van der Waals surface area contributed by atoms with Gasteiger partial charge in [0.05, 0.1) is 0 Å². The summed E-state index contributed by atoms with van der Waals surface area (Å²) < 4.78 is 1.16. The van der Waals surface area contributed by atoms with Gasteiger partial charge in [-0.2, -0.15) is 0 Å². The molecule has 2 aromatic rings. The average Bonchev–Trinajstić information content (AvgIpc) is 2.44. The minimum atomic E-state index is 0.174. The van der Waals surface area contributed by atoms with Gasteiger partial charge in [-0.25, -0.2) is 0 Å². The van der Waals surface area contributed by atoms with Gasteiger partial charge in [-0.1, -0.05) is 57.3 Å². The molecule has 2 aromatic carbocycles. The molecule has 0 aliphatic carbocycles. The van der Waals surface area contributed by atoms with Gasteiger partial charge in [-0.15, -0.1) is 0 Å². The molecule has 0 aliphatic rings. The highest BCUT2D eigenvalue weighted by molar-refractivity contribution is 9.10. The smallest absolute Gasteiger partial charge is 0.0453 e. The molecule has 4 heteroatoms. The summed E-state index contributed by atoms with van der Waals surface area (Å²) in [4.78, 5) is 0. The van der Waals surface area contributed by atoms with E-state index in [0.29, 0.717) is 10.0 Å². The zero-order chi connectivity index (χ0) is 15.6. The van der Waals surface area contributed by atoms with Crippen LogP contribution >= 0.6 is 39.1 Å². The lowest BCUT2D eigenvalue weighted by molar-refractivity contribution is 0.591. The maximum Gasteiger partial charge on any atom is 0.0453 e. The van der Waals surface area contributed by atoms with Crippen LogP contribution < -0.4 is 5.32 Å². The minimum absolute atomic E-state index is 0.174. The van der Waals surface area contributed by atoms with E-state index in [1.807, 2.05) is 25.2 Å². The Morgan fingerprint density at radius 1 is 1.10 bits per heavy atom. The molecule has 0 amide bonds. The van der Waals surface area contributed by atoms with Gasteiger partial charge in [0.1, 0.15) is 0 Å². The molecule has 0 bridgehead atoms. The first kappa shape index (κ1) is 16.8. The predicted octanol–water partition coefficient (Wildman–Crippen LogP) is 5.88. The Kier molecular flexibility index (Phi) is 5.73. The highest BCUT2D eigenvalue weighted by atomic mass is 79.9. The minimum Gasteiger partial charge on any atom is -0.313 e. The third kappa shape index (κ3) is 3.81. The van der Waals surface area contributed by atoms with Crippen molar-refractivity contribution in [3.63, 3.8) is 0 Å². The summed E-state index contributed by atoms with van der Waals surface area (Å²) in [5.74, 6) is 0. The van der Waals surface area contributed by atoms with E-state index in [0.717, 1.165) is 16.5 Å². The molecule has 0 aliphatic heterocycles. The van der Waals surface area contributed by atoms with Gasteiger partial charge in [-0.3, -0.25) is 0 Å². The van der Waals surface area contributed by atoms with Gasteiger partial charge in [0.2, 0.25) is 0 Å². The summed E-state index contributed by atoms with van der Waals surface area (Å²) in [7, 11) is 1.96. The maximum absolute atomic E-state index is 6.29. The molecule has 2 rings (SSSR count). The fourth-order valence-electron chi connectivity index (χ4n) is 2.50. The molecule has 1 N–H and O–H groups in total. The van der Waals surface area contributed by atoms with Gasteiger partial charge < -0.3 is 5.32 Å². The van der Waals surface area contributed by atoms with Crippen molar-refractivity contribution >= 4 is 39.1 Å². The van der Waals surface area contributed by atoms with Crippen LogP contribution in [0, 0.1) is 13.8 Å². The number of aryl methyl sites for hydroxylation is 2. The van der Waals surface area contributed by atoms with Crippen molar-refractivity contribution in [2.45, 2.75) is 26.3 Å². The standard InChI is InChI=1S/C17H18BrCl2N/c1-10-7-12(8-11(2)17(10)18)16(21-3)9-13-14(19)5-4-6-15(13)20/h4-8,16,21H,9H2,1-3H3. The lowest BCUT2D eigenvalue weighted by Crippen LogP contribution is -2.19. The first-order valence-electron chi connectivity index (χ1n) is 6.80. The largest absolute Gasteiger partial charge is 0.313 e.